The maximum absolute atomic E-state index is 12.0. The van der Waals surface area contributed by atoms with Crippen LogP contribution in [-0.2, 0) is 24.4 Å². The smallest absolute Gasteiger partial charge is 0.268 e. The highest BCUT2D eigenvalue weighted by molar-refractivity contribution is 7.89. The van der Waals surface area contributed by atoms with Crippen molar-refractivity contribution in [2.24, 2.45) is 0 Å². The van der Waals surface area contributed by atoms with E-state index in [4.69, 9.17) is 0 Å². The largest absolute Gasteiger partial charge is 0.511 e. The Hall–Kier alpha value is -2.52. The molecule has 128 valence electrons. The summed E-state index contributed by atoms with van der Waals surface area (Å²) in [5.74, 6) is -2.67. The van der Waals surface area contributed by atoms with Crippen molar-refractivity contribution < 1.29 is 27.9 Å². The summed E-state index contributed by atoms with van der Waals surface area (Å²) < 4.78 is 26.3. The first-order valence-corrected chi connectivity index (χ1v) is 8.55. The normalized spacial score (nSPS) is 17.3. The zero-order valence-electron chi connectivity index (χ0n) is 12.9. The molecule has 0 aliphatic carbocycles. The Kier molecular flexibility index (Phi) is 5.15. The molecule has 1 aliphatic rings. The second-order valence-electron chi connectivity index (χ2n) is 5.12. The molecule has 0 spiro atoms. The maximum atomic E-state index is 12.0. The Balaban J connectivity index is 2.06. The number of nitrogens with zero attached hydrogens (tertiary/aromatic N) is 1. The molecular weight excluding hydrogens is 336 g/mol. The van der Waals surface area contributed by atoms with Gasteiger partial charge in [0.2, 0.25) is 15.9 Å². The van der Waals surface area contributed by atoms with Crippen molar-refractivity contribution in [3.63, 3.8) is 0 Å². The number of hydrogen-bond donors (Lipinski definition) is 2. The molecule has 1 saturated heterocycles. The molecule has 24 heavy (non-hydrogen) atoms. The quantitative estimate of drug-likeness (QED) is 0.441. The number of likely N-dealkylation sites (tertiary alicyclic amines) is 1. The third kappa shape index (κ3) is 3.69. The van der Waals surface area contributed by atoms with Crippen molar-refractivity contribution in [1.82, 2.24) is 9.62 Å². The molecule has 0 bridgehead atoms. The second kappa shape index (κ2) is 6.93. The summed E-state index contributed by atoms with van der Waals surface area (Å²) in [6.07, 6.45) is -0.245. The van der Waals surface area contributed by atoms with E-state index in [1.165, 1.54) is 12.1 Å². The van der Waals surface area contributed by atoms with Crippen molar-refractivity contribution in [3.8, 4) is 0 Å². The number of nitrogens with one attached hydrogen (secondary N) is 1. The van der Waals surface area contributed by atoms with E-state index in [2.05, 4.69) is 4.72 Å². The number of benzene rings is 1. The van der Waals surface area contributed by atoms with Gasteiger partial charge in [-0.3, -0.25) is 19.3 Å². The summed E-state index contributed by atoms with van der Waals surface area (Å²) in [5.41, 5.74) is -0.468. The SMILES string of the molecule is CC(=O)N1CC(=O)/C(=C(/O)CCNS(=O)(=O)c2ccccc2)C1=O. The fourth-order valence-corrected chi connectivity index (χ4v) is 3.25. The van der Waals surface area contributed by atoms with Gasteiger partial charge in [0.05, 0.1) is 11.4 Å². The van der Waals surface area contributed by atoms with Crippen LogP contribution >= 0.6 is 0 Å². The third-order valence-corrected chi connectivity index (χ3v) is 4.89. The van der Waals surface area contributed by atoms with Crippen LogP contribution in [0.25, 0.3) is 0 Å². The Morgan fingerprint density at radius 1 is 1.25 bits per heavy atom. The van der Waals surface area contributed by atoms with Gasteiger partial charge in [-0.15, -0.1) is 0 Å². The predicted molar refractivity (Wildman–Crippen MR) is 83.3 cm³/mol. The molecule has 2 rings (SSSR count). The topological polar surface area (TPSA) is 121 Å². The number of hydrogen-bond acceptors (Lipinski definition) is 6. The van der Waals surface area contributed by atoms with E-state index in [9.17, 15) is 27.9 Å². The van der Waals surface area contributed by atoms with Crippen molar-refractivity contribution in [2.75, 3.05) is 13.1 Å². The molecule has 2 amide bonds. The highest BCUT2D eigenvalue weighted by Gasteiger charge is 2.38. The van der Waals surface area contributed by atoms with E-state index >= 15 is 0 Å². The van der Waals surface area contributed by atoms with Crippen LogP contribution in [0, 0.1) is 0 Å². The summed E-state index contributed by atoms with van der Waals surface area (Å²) in [5, 5.41) is 9.92. The highest BCUT2D eigenvalue weighted by Crippen LogP contribution is 2.18. The van der Waals surface area contributed by atoms with Gasteiger partial charge in [-0.25, -0.2) is 13.1 Å². The number of imide groups is 1. The predicted octanol–water partition coefficient (Wildman–Crippen LogP) is 0.125. The number of aliphatic hydroxyl groups is 1. The minimum atomic E-state index is -3.75. The average Bonchev–Trinajstić information content (AvgIpc) is 2.83. The first kappa shape index (κ1) is 17.8. The third-order valence-electron chi connectivity index (χ3n) is 3.42. The van der Waals surface area contributed by atoms with E-state index in [1.807, 2.05) is 0 Å². The summed E-state index contributed by atoms with van der Waals surface area (Å²) in [6.45, 7) is 0.523. The van der Waals surface area contributed by atoms with Crippen LogP contribution in [0.2, 0.25) is 0 Å². The number of Topliss-reactive ketones (excluding diaryl/α,β-unsaturated/α-hetero) is 1. The van der Waals surface area contributed by atoms with Crippen LogP contribution in [-0.4, -0.2) is 49.1 Å². The zero-order valence-corrected chi connectivity index (χ0v) is 13.7. The Labute approximate surface area is 138 Å². The fourth-order valence-electron chi connectivity index (χ4n) is 2.20. The molecule has 1 fully saturated rings. The van der Waals surface area contributed by atoms with Gasteiger partial charge in [0.15, 0.2) is 5.78 Å². The standard InChI is InChI=1S/C15H16N2O6S/c1-10(18)17-9-13(20)14(15(17)21)12(19)7-8-16-24(22,23)11-5-3-2-4-6-11/h2-6,16,19H,7-9H2,1H3/b14-12-. The number of aliphatic hydroxyl groups excluding tert-OH is 1. The minimum absolute atomic E-state index is 0.0629. The Bertz CT molecular complexity index is 814. The highest BCUT2D eigenvalue weighted by atomic mass is 32.2. The minimum Gasteiger partial charge on any atom is -0.511 e. The summed E-state index contributed by atoms with van der Waals surface area (Å²) in [6, 6.07) is 7.64. The molecule has 1 heterocycles. The van der Waals surface area contributed by atoms with Crippen LogP contribution in [0.5, 0.6) is 0 Å². The van der Waals surface area contributed by atoms with Gasteiger partial charge >= 0.3 is 0 Å². The second-order valence-corrected chi connectivity index (χ2v) is 6.88. The van der Waals surface area contributed by atoms with Gasteiger partial charge in [-0.1, -0.05) is 18.2 Å². The average molecular weight is 352 g/mol. The molecule has 9 heteroatoms. The van der Waals surface area contributed by atoms with Crippen LogP contribution in [0.1, 0.15) is 13.3 Å². The van der Waals surface area contributed by atoms with E-state index in [-0.39, 0.29) is 17.9 Å². The molecule has 8 nitrogen and oxygen atoms in total. The first-order chi connectivity index (χ1) is 11.2. The summed E-state index contributed by atoms with van der Waals surface area (Å²) >= 11 is 0. The number of ketones is 1. The van der Waals surface area contributed by atoms with Crippen molar-refractivity contribution >= 4 is 27.6 Å². The summed E-state index contributed by atoms with van der Waals surface area (Å²) in [7, 11) is -3.75. The van der Waals surface area contributed by atoms with E-state index in [0.717, 1.165) is 11.8 Å². The monoisotopic (exact) mass is 352 g/mol. The molecule has 0 unspecified atom stereocenters. The number of carbonyl (C=O) groups excluding carboxylic acids is 3. The molecule has 2 N–H and O–H groups in total. The van der Waals surface area contributed by atoms with Gasteiger partial charge in [0, 0.05) is 19.9 Å². The lowest BCUT2D eigenvalue weighted by atomic mass is 10.1. The Morgan fingerprint density at radius 3 is 2.42 bits per heavy atom. The number of carbonyl (C=O) groups is 3. The zero-order chi connectivity index (χ0) is 17.9. The molecule has 1 aromatic rings. The van der Waals surface area contributed by atoms with Crippen molar-refractivity contribution in [2.45, 2.75) is 18.2 Å². The number of sulfonamides is 1. The molecule has 0 atom stereocenters. The van der Waals surface area contributed by atoms with Crippen LogP contribution in [0.4, 0.5) is 0 Å². The van der Waals surface area contributed by atoms with E-state index in [1.54, 1.807) is 18.2 Å². The lowest BCUT2D eigenvalue weighted by Crippen LogP contribution is -2.30. The van der Waals surface area contributed by atoms with Crippen molar-refractivity contribution in [3.05, 3.63) is 41.7 Å². The lowest BCUT2D eigenvalue weighted by Gasteiger charge is -2.09. The molecule has 1 aromatic carbocycles. The van der Waals surface area contributed by atoms with Crippen LogP contribution < -0.4 is 4.72 Å². The molecule has 1 aliphatic heterocycles. The lowest BCUT2D eigenvalue weighted by molar-refractivity contribution is -0.139. The van der Waals surface area contributed by atoms with Gasteiger partial charge in [-0.05, 0) is 12.1 Å². The maximum Gasteiger partial charge on any atom is 0.268 e. The fraction of sp³-hybridized carbons (Fsp3) is 0.267. The summed E-state index contributed by atoms with van der Waals surface area (Å²) in [4.78, 5) is 35.7. The van der Waals surface area contributed by atoms with Gasteiger partial charge in [-0.2, -0.15) is 0 Å². The van der Waals surface area contributed by atoms with Gasteiger partial charge < -0.3 is 5.11 Å². The number of amides is 2. The molecule has 0 saturated carbocycles. The van der Waals surface area contributed by atoms with Gasteiger partial charge in [0.25, 0.3) is 5.91 Å². The van der Waals surface area contributed by atoms with Crippen LogP contribution in [0.15, 0.2) is 46.6 Å². The van der Waals surface area contributed by atoms with Crippen LogP contribution in [0.3, 0.4) is 0 Å². The van der Waals surface area contributed by atoms with Gasteiger partial charge in [0.1, 0.15) is 11.3 Å². The molecule has 0 aromatic heterocycles. The van der Waals surface area contributed by atoms with E-state index in [0.29, 0.717) is 0 Å². The van der Waals surface area contributed by atoms with E-state index < -0.39 is 45.5 Å². The number of rotatable bonds is 5. The molecule has 0 radical (unpaired) electrons. The van der Waals surface area contributed by atoms with Crippen molar-refractivity contribution in [1.29, 1.82) is 0 Å². The Morgan fingerprint density at radius 2 is 1.88 bits per heavy atom. The first-order valence-electron chi connectivity index (χ1n) is 7.06. The molecular formula is C15H16N2O6S.